The monoisotopic (exact) mass is 348 g/mol. The normalized spacial score (nSPS) is 16.2. The fourth-order valence-electron chi connectivity index (χ4n) is 2.73. The Labute approximate surface area is 134 Å². The van der Waals surface area contributed by atoms with E-state index in [1.54, 1.807) is 0 Å². The van der Waals surface area contributed by atoms with Crippen LogP contribution in [0, 0.1) is 5.92 Å². The van der Waals surface area contributed by atoms with Crippen molar-refractivity contribution in [3.8, 4) is 11.3 Å². The molecule has 0 radical (unpaired) electrons. The van der Waals surface area contributed by atoms with Gasteiger partial charge in [0.15, 0.2) is 0 Å². The van der Waals surface area contributed by atoms with Crippen LogP contribution in [0.2, 0.25) is 0 Å². The molecule has 1 aromatic carbocycles. The Balaban J connectivity index is 1.51. The van der Waals surface area contributed by atoms with Gasteiger partial charge in [0.05, 0.1) is 6.54 Å². The van der Waals surface area contributed by atoms with Crippen LogP contribution in [0.4, 0.5) is 0 Å². The van der Waals surface area contributed by atoms with Crippen LogP contribution in [-0.4, -0.2) is 19.6 Å². The first-order valence-electron chi connectivity index (χ1n) is 7.57. The molecule has 0 amide bonds. The number of hydrogen-bond acceptors (Lipinski definition) is 3. The van der Waals surface area contributed by atoms with Crippen LogP contribution in [0.25, 0.3) is 11.3 Å². The van der Waals surface area contributed by atoms with Gasteiger partial charge in [-0.1, -0.05) is 28.1 Å². The van der Waals surface area contributed by atoms with Gasteiger partial charge < -0.3 is 15.1 Å². The topological polar surface area (TPSA) is 37.2 Å². The van der Waals surface area contributed by atoms with E-state index in [9.17, 15) is 0 Å². The van der Waals surface area contributed by atoms with Gasteiger partial charge in [0.2, 0.25) is 0 Å². The van der Waals surface area contributed by atoms with Gasteiger partial charge in [0, 0.05) is 10.0 Å². The summed E-state index contributed by atoms with van der Waals surface area (Å²) in [5.74, 6) is 2.73. The van der Waals surface area contributed by atoms with Crippen molar-refractivity contribution in [2.75, 3.05) is 19.6 Å². The molecule has 0 unspecified atom stereocenters. The Bertz CT molecular complexity index is 558. The van der Waals surface area contributed by atoms with Crippen LogP contribution >= 0.6 is 15.9 Å². The Morgan fingerprint density at radius 1 is 1.10 bits per heavy atom. The van der Waals surface area contributed by atoms with E-state index in [-0.39, 0.29) is 0 Å². The third-order valence-electron chi connectivity index (χ3n) is 3.98. The van der Waals surface area contributed by atoms with E-state index < -0.39 is 0 Å². The zero-order valence-corrected chi connectivity index (χ0v) is 13.7. The Hall–Kier alpha value is -1.10. The standard InChI is InChI=1S/C17H21BrN2O/c18-15-3-1-14(2-4-15)17-6-5-16(21-17)12-20-11-13-7-9-19-10-8-13/h1-6,13,19-20H,7-12H2. The number of halogens is 1. The van der Waals surface area contributed by atoms with Crippen molar-refractivity contribution in [2.45, 2.75) is 19.4 Å². The predicted octanol–water partition coefficient (Wildman–Crippen LogP) is 3.80. The van der Waals surface area contributed by atoms with Gasteiger partial charge in [-0.25, -0.2) is 0 Å². The molecule has 2 N–H and O–H groups in total. The van der Waals surface area contributed by atoms with E-state index in [2.05, 4.69) is 44.8 Å². The molecule has 112 valence electrons. The van der Waals surface area contributed by atoms with Gasteiger partial charge in [-0.3, -0.25) is 0 Å². The zero-order valence-electron chi connectivity index (χ0n) is 12.1. The molecule has 1 aliphatic heterocycles. The number of furan rings is 1. The number of rotatable bonds is 5. The highest BCUT2D eigenvalue weighted by molar-refractivity contribution is 9.10. The average molecular weight is 349 g/mol. The summed E-state index contributed by atoms with van der Waals surface area (Å²) in [4.78, 5) is 0. The fraction of sp³-hybridized carbons (Fsp3) is 0.412. The summed E-state index contributed by atoms with van der Waals surface area (Å²) < 4.78 is 6.99. The van der Waals surface area contributed by atoms with Crippen molar-refractivity contribution in [1.82, 2.24) is 10.6 Å². The molecule has 1 saturated heterocycles. The van der Waals surface area contributed by atoms with Crippen molar-refractivity contribution >= 4 is 15.9 Å². The first kappa shape index (κ1) is 14.8. The molecule has 2 aromatic rings. The molecule has 1 fully saturated rings. The highest BCUT2D eigenvalue weighted by Gasteiger charge is 2.12. The van der Waals surface area contributed by atoms with Crippen molar-refractivity contribution < 1.29 is 4.42 Å². The Morgan fingerprint density at radius 3 is 2.62 bits per heavy atom. The molecular formula is C17H21BrN2O. The fourth-order valence-corrected chi connectivity index (χ4v) is 2.99. The van der Waals surface area contributed by atoms with Crippen molar-refractivity contribution in [3.05, 3.63) is 46.6 Å². The quantitative estimate of drug-likeness (QED) is 0.862. The number of nitrogens with one attached hydrogen (secondary N) is 2. The summed E-state index contributed by atoms with van der Waals surface area (Å²) in [5.41, 5.74) is 1.11. The SMILES string of the molecule is Brc1ccc(-c2ccc(CNCC3CCNCC3)o2)cc1. The van der Waals surface area contributed by atoms with Gasteiger partial charge in [0.1, 0.15) is 11.5 Å². The molecule has 0 spiro atoms. The zero-order chi connectivity index (χ0) is 14.5. The lowest BCUT2D eigenvalue weighted by Gasteiger charge is -2.22. The molecule has 21 heavy (non-hydrogen) atoms. The molecule has 3 nitrogen and oxygen atoms in total. The number of piperidine rings is 1. The molecule has 0 atom stereocenters. The van der Waals surface area contributed by atoms with E-state index in [1.807, 2.05) is 18.2 Å². The van der Waals surface area contributed by atoms with Gasteiger partial charge >= 0.3 is 0 Å². The molecule has 0 saturated carbocycles. The number of benzene rings is 1. The second-order valence-corrected chi connectivity index (χ2v) is 6.51. The Morgan fingerprint density at radius 2 is 1.86 bits per heavy atom. The smallest absolute Gasteiger partial charge is 0.134 e. The van der Waals surface area contributed by atoms with Crippen LogP contribution in [0.3, 0.4) is 0 Å². The van der Waals surface area contributed by atoms with Crippen molar-refractivity contribution in [3.63, 3.8) is 0 Å². The summed E-state index contributed by atoms with van der Waals surface area (Å²) in [7, 11) is 0. The first-order valence-corrected chi connectivity index (χ1v) is 8.36. The third kappa shape index (κ3) is 4.19. The highest BCUT2D eigenvalue weighted by Crippen LogP contribution is 2.24. The summed E-state index contributed by atoms with van der Waals surface area (Å²) in [6, 6.07) is 12.3. The minimum Gasteiger partial charge on any atom is -0.460 e. The van der Waals surface area contributed by atoms with Crippen LogP contribution in [0.1, 0.15) is 18.6 Å². The maximum absolute atomic E-state index is 5.91. The summed E-state index contributed by atoms with van der Waals surface area (Å²) >= 11 is 3.45. The second kappa shape index (κ2) is 7.25. The molecule has 4 heteroatoms. The number of hydrogen-bond donors (Lipinski definition) is 2. The van der Waals surface area contributed by atoms with Crippen LogP contribution in [0.15, 0.2) is 45.3 Å². The second-order valence-electron chi connectivity index (χ2n) is 5.60. The van der Waals surface area contributed by atoms with Crippen molar-refractivity contribution in [1.29, 1.82) is 0 Å². The third-order valence-corrected chi connectivity index (χ3v) is 4.51. The van der Waals surface area contributed by atoms with Gasteiger partial charge in [-0.2, -0.15) is 0 Å². The molecule has 1 aliphatic rings. The van der Waals surface area contributed by atoms with E-state index in [0.717, 1.165) is 53.7 Å². The molecule has 0 bridgehead atoms. The summed E-state index contributed by atoms with van der Waals surface area (Å²) in [5, 5.41) is 6.91. The van der Waals surface area contributed by atoms with Crippen LogP contribution in [-0.2, 0) is 6.54 Å². The predicted molar refractivity (Wildman–Crippen MR) is 89.1 cm³/mol. The van der Waals surface area contributed by atoms with E-state index >= 15 is 0 Å². The van der Waals surface area contributed by atoms with Crippen molar-refractivity contribution in [2.24, 2.45) is 5.92 Å². The van der Waals surface area contributed by atoms with E-state index in [4.69, 9.17) is 4.42 Å². The minimum atomic E-state index is 0.798. The van der Waals surface area contributed by atoms with E-state index in [0.29, 0.717) is 0 Å². The molecule has 3 rings (SSSR count). The Kier molecular flexibility index (Phi) is 5.12. The van der Waals surface area contributed by atoms with Crippen LogP contribution in [0.5, 0.6) is 0 Å². The lowest BCUT2D eigenvalue weighted by molar-refractivity contribution is 0.350. The summed E-state index contributed by atoms with van der Waals surface area (Å²) in [6.45, 7) is 4.19. The van der Waals surface area contributed by atoms with Gasteiger partial charge in [-0.15, -0.1) is 0 Å². The van der Waals surface area contributed by atoms with Gasteiger partial charge in [0.25, 0.3) is 0 Å². The maximum Gasteiger partial charge on any atom is 0.134 e. The first-order chi connectivity index (χ1) is 10.3. The molecule has 1 aromatic heterocycles. The lowest BCUT2D eigenvalue weighted by atomic mass is 9.98. The molecule has 2 heterocycles. The average Bonchev–Trinajstić information content (AvgIpc) is 2.98. The lowest BCUT2D eigenvalue weighted by Crippen LogP contribution is -2.33. The van der Waals surface area contributed by atoms with Crippen LogP contribution < -0.4 is 10.6 Å². The summed E-state index contributed by atoms with van der Waals surface area (Å²) in [6.07, 6.45) is 2.55. The molecule has 0 aliphatic carbocycles. The highest BCUT2D eigenvalue weighted by atomic mass is 79.9. The molecular weight excluding hydrogens is 328 g/mol. The van der Waals surface area contributed by atoms with Gasteiger partial charge in [-0.05, 0) is 62.7 Å². The largest absolute Gasteiger partial charge is 0.460 e. The van der Waals surface area contributed by atoms with E-state index in [1.165, 1.54) is 12.8 Å². The maximum atomic E-state index is 5.91. The minimum absolute atomic E-state index is 0.798.